The lowest BCUT2D eigenvalue weighted by molar-refractivity contribution is -0.160. The van der Waals surface area contributed by atoms with Crippen molar-refractivity contribution in [1.82, 2.24) is 4.90 Å². The average molecular weight is 494 g/mol. The molecule has 186 valence electrons. The maximum absolute atomic E-state index is 14.0. The molecule has 0 saturated carbocycles. The molecule has 37 heavy (non-hydrogen) atoms. The quantitative estimate of drug-likeness (QED) is 0.290. The fraction of sp³-hybridized carbons (Fsp3) is 0.290. The Hall–Kier alpha value is -4.06. The number of hydrogen-bond acceptors (Lipinski definition) is 5. The smallest absolute Gasteiger partial charge is 0.330 e. The number of carbonyl (C=O) groups excluding carboxylic acids is 4. The molecule has 7 rings (SSSR count). The first-order valence-electron chi connectivity index (χ1n) is 12.7. The molecule has 2 bridgehead atoms. The van der Waals surface area contributed by atoms with Crippen molar-refractivity contribution in [3.05, 3.63) is 107 Å². The van der Waals surface area contributed by atoms with E-state index in [2.05, 4.69) is 0 Å². The number of nitrogens with zero attached hydrogens (tertiary/aromatic N) is 1. The normalized spacial score (nSPS) is 23.9. The third kappa shape index (κ3) is 3.46. The van der Waals surface area contributed by atoms with E-state index in [1.807, 2.05) is 48.5 Å². The van der Waals surface area contributed by atoms with Crippen LogP contribution in [-0.4, -0.2) is 41.1 Å². The number of imide groups is 1. The predicted octanol–water partition coefficient (Wildman–Crippen LogP) is 4.33. The minimum absolute atomic E-state index is 0.243. The molecule has 3 aromatic carbocycles. The Labute approximate surface area is 215 Å². The topological polar surface area (TPSA) is 80.8 Å². The molecule has 0 radical (unpaired) electrons. The van der Waals surface area contributed by atoms with Crippen LogP contribution in [0.3, 0.4) is 0 Å². The van der Waals surface area contributed by atoms with Crippen LogP contribution in [0.25, 0.3) is 0 Å². The number of ketones is 1. The lowest BCUT2D eigenvalue weighted by Gasteiger charge is -2.45. The van der Waals surface area contributed by atoms with Gasteiger partial charge in [0.2, 0.25) is 11.8 Å². The van der Waals surface area contributed by atoms with Gasteiger partial charge in [0.25, 0.3) is 0 Å². The van der Waals surface area contributed by atoms with Crippen LogP contribution in [0.15, 0.2) is 78.9 Å². The molecule has 3 atom stereocenters. The number of amides is 2. The predicted molar refractivity (Wildman–Crippen MR) is 136 cm³/mol. The number of ether oxygens (including phenoxy) is 1. The minimum atomic E-state index is -1.10. The lowest BCUT2D eigenvalue weighted by atomic mass is 9.55. The summed E-state index contributed by atoms with van der Waals surface area (Å²) in [5, 5.41) is 0. The maximum atomic E-state index is 14.0. The van der Waals surface area contributed by atoms with E-state index in [4.69, 9.17) is 4.74 Å². The highest BCUT2D eigenvalue weighted by Gasteiger charge is 2.63. The molecule has 1 fully saturated rings. The molecular weight excluding hydrogens is 466 g/mol. The van der Waals surface area contributed by atoms with Crippen molar-refractivity contribution in [2.75, 3.05) is 6.61 Å². The third-order valence-corrected chi connectivity index (χ3v) is 8.07. The van der Waals surface area contributed by atoms with E-state index in [9.17, 15) is 19.2 Å². The third-order valence-electron chi connectivity index (χ3n) is 8.07. The summed E-state index contributed by atoms with van der Waals surface area (Å²) in [7, 11) is 0. The number of esters is 1. The standard InChI is InChI=1S/C31H27NO5/c1-17(2)28(31(36)37-16-23(33)18-10-4-3-5-11-18)32-29(34)26-24-19-12-6-7-13-20(19)25(27(26)30(32)35)22-15-9-8-14-21(22)24/h3-15,17,24-28H,16H2,1-2H3/t24?,25?,26-,27-,28-/m1/s1. The first-order valence-corrected chi connectivity index (χ1v) is 12.7. The van der Waals surface area contributed by atoms with Crippen molar-refractivity contribution in [2.24, 2.45) is 17.8 Å². The Balaban J connectivity index is 1.33. The van der Waals surface area contributed by atoms with E-state index >= 15 is 0 Å². The van der Waals surface area contributed by atoms with Crippen molar-refractivity contribution >= 4 is 23.6 Å². The number of likely N-dealkylation sites (tertiary alicyclic amines) is 1. The highest BCUT2D eigenvalue weighted by molar-refractivity contribution is 6.10. The Morgan fingerprint density at radius 1 is 0.730 bits per heavy atom. The molecule has 0 N–H and O–H groups in total. The van der Waals surface area contributed by atoms with Crippen molar-refractivity contribution in [2.45, 2.75) is 31.7 Å². The van der Waals surface area contributed by atoms with Gasteiger partial charge in [-0.25, -0.2) is 4.79 Å². The molecule has 1 aliphatic heterocycles. The zero-order valence-electron chi connectivity index (χ0n) is 20.7. The minimum Gasteiger partial charge on any atom is -0.456 e. The Morgan fingerprint density at radius 2 is 1.16 bits per heavy atom. The summed E-state index contributed by atoms with van der Waals surface area (Å²) >= 11 is 0. The first-order chi connectivity index (χ1) is 17.9. The van der Waals surface area contributed by atoms with Gasteiger partial charge in [0.15, 0.2) is 12.4 Å². The maximum Gasteiger partial charge on any atom is 0.330 e. The highest BCUT2D eigenvalue weighted by Crippen LogP contribution is 2.61. The van der Waals surface area contributed by atoms with Crippen LogP contribution in [0.4, 0.5) is 0 Å². The number of carbonyl (C=O) groups is 4. The molecule has 1 heterocycles. The SMILES string of the molecule is CC(C)[C@H](C(=O)OCC(=O)c1ccccc1)N1C(=O)[C@@H]2C3c4ccccc4C(c4ccccc43)[C@H]2C1=O. The summed E-state index contributed by atoms with van der Waals surface area (Å²) in [6.45, 7) is 3.12. The van der Waals surface area contributed by atoms with Gasteiger partial charge in [0.1, 0.15) is 6.04 Å². The zero-order valence-corrected chi connectivity index (χ0v) is 20.7. The van der Waals surface area contributed by atoms with Crippen LogP contribution in [0.1, 0.15) is 58.3 Å². The molecule has 1 saturated heterocycles. The highest BCUT2D eigenvalue weighted by atomic mass is 16.5. The summed E-state index contributed by atoms with van der Waals surface area (Å²) < 4.78 is 5.40. The van der Waals surface area contributed by atoms with Crippen molar-refractivity contribution < 1.29 is 23.9 Å². The molecule has 6 heteroatoms. The summed E-state index contributed by atoms with van der Waals surface area (Å²) in [5.74, 6) is -3.74. The molecular formula is C31H27NO5. The molecule has 0 unspecified atom stereocenters. The average Bonchev–Trinajstić information content (AvgIpc) is 3.18. The summed E-state index contributed by atoms with van der Waals surface area (Å²) in [5.41, 5.74) is 4.74. The van der Waals surface area contributed by atoms with Gasteiger partial charge in [0, 0.05) is 17.4 Å². The molecule has 3 aromatic rings. The second-order valence-corrected chi connectivity index (χ2v) is 10.4. The van der Waals surface area contributed by atoms with Gasteiger partial charge in [-0.15, -0.1) is 0 Å². The van der Waals surface area contributed by atoms with Gasteiger partial charge >= 0.3 is 5.97 Å². The second kappa shape index (κ2) is 8.80. The van der Waals surface area contributed by atoms with E-state index in [0.29, 0.717) is 5.56 Å². The molecule has 3 aliphatic carbocycles. The molecule has 0 spiro atoms. The lowest BCUT2D eigenvalue weighted by Crippen LogP contribution is -2.49. The van der Waals surface area contributed by atoms with Crippen LogP contribution < -0.4 is 0 Å². The molecule has 2 amide bonds. The van der Waals surface area contributed by atoms with Crippen LogP contribution in [0.5, 0.6) is 0 Å². The fourth-order valence-corrected chi connectivity index (χ4v) is 6.58. The molecule has 6 nitrogen and oxygen atoms in total. The van der Waals surface area contributed by atoms with E-state index < -0.39 is 30.5 Å². The van der Waals surface area contributed by atoms with Crippen LogP contribution >= 0.6 is 0 Å². The number of Topliss-reactive ketones (excluding diaryl/α,β-unsaturated/α-hetero) is 1. The van der Waals surface area contributed by atoms with Crippen LogP contribution in [0, 0.1) is 17.8 Å². The monoisotopic (exact) mass is 493 g/mol. The van der Waals surface area contributed by atoms with Crippen LogP contribution in [-0.2, 0) is 19.1 Å². The Kier molecular flexibility index (Phi) is 5.55. The van der Waals surface area contributed by atoms with Gasteiger partial charge in [-0.2, -0.15) is 0 Å². The Bertz CT molecular complexity index is 1310. The molecule has 4 aliphatic rings. The second-order valence-electron chi connectivity index (χ2n) is 10.4. The fourth-order valence-electron chi connectivity index (χ4n) is 6.58. The van der Waals surface area contributed by atoms with Crippen molar-refractivity contribution in [3.8, 4) is 0 Å². The van der Waals surface area contributed by atoms with E-state index in [-0.39, 0.29) is 35.4 Å². The Morgan fingerprint density at radius 3 is 1.59 bits per heavy atom. The first kappa shape index (κ1) is 23.3. The van der Waals surface area contributed by atoms with Gasteiger partial charge in [-0.3, -0.25) is 19.3 Å². The van der Waals surface area contributed by atoms with Gasteiger partial charge in [-0.1, -0.05) is 92.7 Å². The molecule has 0 aromatic heterocycles. The van der Waals surface area contributed by atoms with Gasteiger partial charge in [-0.05, 0) is 28.2 Å². The van der Waals surface area contributed by atoms with E-state index in [1.54, 1.807) is 44.2 Å². The summed E-state index contributed by atoms with van der Waals surface area (Å²) in [6.07, 6.45) is 0. The van der Waals surface area contributed by atoms with Gasteiger partial charge in [0.05, 0.1) is 11.8 Å². The summed E-state index contributed by atoms with van der Waals surface area (Å²) in [4.78, 5) is 55.0. The largest absolute Gasteiger partial charge is 0.456 e. The van der Waals surface area contributed by atoms with Crippen molar-refractivity contribution in [3.63, 3.8) is 0 Å². The zero-order chi connectivity index (χ0) is 25.8. The number of hydrogen-bond donors (Lipinski definition) is 0. The van der Waals surface area contributed by atoms with E-state index in [1.165, 1.54) is 0 Å². The number of rotatable bonds is 6. The number of benzene rings is 3. The van der Waals surface area contributed by atoms with Crippen molar-refractivity contribution in [1.29, 1.82) is 0 Å². The van der Waals surface area contributed by atoms with Gasteiger partial charge < -0.3 is 4.74 Å². The van der Waals surface area contributed by atoms with E-state index in [0.717, 1.165) is 27.2 Å². The summed E-state index contributed by atoms with van der Waals surface area (Å²) in [6, 6.07) is 23.5. The van der Waals surface area contributed by atoms with Crippen LogP contribution in [0.2, 0.25) is 0 Å².